The average Bonchev–Trinajstić information content (AvgIpc) is 2.29. The normalized spacial score (nSPS) is 33.9. The Hall–Kier alpha value is -0.0800. The van der Waals surface area contributed by atoms with E-state index in [1.54, 1.807) is 0 Å². The number of nitrogens with one attached hydrogen (secondary N) is 1. The third kappa shape index (κ3) is 3.45. The predicted octanol–water partition coefficient (Wildman–Crippen LogP) is 2.89. The fourth-order valence-corrected chi connectivity index (χ4v) is 3.91. The second-order valence-electron chi connectivity index (χ2n) is 6.90. The molecular formula is C15H30N2. The minimum Gasteiger partial charge on any atom is -0.316 e. The van der Waals surface area contributed by atoms with Gasteiger partial charge in [0.25, 0.3) is 0 Å². The summed E-state index contributed by atoms with van der Waals surface area (Å²) in [5.41, 5.74) is 0.523. The van der Waals surface area contributed by atoms with Gasteiger partial charge in [0.2, 0.25) is 0 Å². The van der Waals surface area contributed by atoms with Gasteiger partial charge in [0, 0.05) is 12.6 Å². The van der Waals surface area contributed by atoms with Crippen molar-refractivity contribution < 1.29 is 0 Å². The minimum absolute atomic E-state index is 0.523. The Morgan fingerprint density at radius 1 is 1.18 bits per heavy atom. The monoisotopic (exact) mass is 238 g/mol. The van der Waals surface area contributed by atoms with E-state index < -0.39 is 0 Å². The summed E-state index contributed by atoms with van der Waals surface area (Å²) in [5.74, 6) is 0.881. The molecule has 2 rings (SSSR count). The van der Waals surface area contributed by atoms with Crippen molar-refractivity contribution in [2.45, 2.75) is 58.4 Å². The molecule has 2 fully saturated rings. The van der Waals surface area contributed by atoms with Crippen LogP contribution in [0.5, 0.6) is 0 Å². The van der Waals surface area contributed by atoms with Crippen LogP contribution in [0.25, 0.3) is 0 Å². The maximum absolute atomic E-state index is 3.54. The molecule has 1 saturated heterocycles. The van der Waals surface area contributed by atoms with Crippen LogP contribution in [-0.4, -0.2) is 37.6 Å². The Morgan fingerprint density at radius 3 is 2.65 bits per heavy atom. The van der Waals surface area contributed by atoms with E-state index >= 15 is 0 Å². The van der Waals surface area contributed by atoms with Crippen LogP contribution in [0.2, 0.25) is 0 Å². The highest BCUT2D eigenvalue weighted by atomic mass is 15.1. The zero-order valence-electron chi connectivity index (χ0n) is 12.0. The molecule has 2 aliphatic rings. The van der Waals surface area contributed by atoms with Crippen molar-refractivity contribution in [2.75, 3.05) is 26.7 Å². The van der Waals surface area contributed by atoms with Gasteiger partial charge < -0.3 is 10.2 Å². The maximum Gasteiger partial charge on any atom is 0.0143 e. The van der Waals surface area contributed by atoms with Gasteiger partial charge in [0.1, 0.15) is 0 Å². The van der Waals surface area contributed by atoms with Crippen molar-refractivity contribution in [1.29, 1.82) is 0 Å². The summed E-state index contributed by atoms with van der Waals surface area (Å²) in [6.45, 7) is 8.69. The molecule has 17 heavy (non-hydrogen) atoms. The maximum atomic E-state index is 3.54. The summed E-state index contributed by atoms with van der Waals surface area (Å²) < 4.78 is 0. The second kappa shape index (κ2) is 5.71. The molecule has 0 amide bonds. The molecule has 1 aliphatic carbocycles. The van der Waals surface area contributed by atoms with Gasteiger partial charge in [0.15, 0.2) is 0 Å². The molecule has 1 saturated carbocycles. The van der Waals surface area contributed by atoms with E-state index in [4.69, 9.17) is 0 Å². The Morgan fingerprint density at radius 2 is 2.00 bits per heavy atom. The van der Waals surface area contributed by atoms with Gasteiger partial charge in [-0.15, -0.1) is 0 Å². The zero-order chi connectivity index (χ0) is 12.3. The number of rotatable bonds is 3. The van der Waals surface area contributed by atoms with E-state index in [1.165, 1.54) is 58.2 Å². The molecule has 100 valence electrons. The van der Waals surface area contributed by atoms with E-state index in [1.807, 2.05) is 0 Å². The smallest absolute Gasteiger partial charge is 0.0143 e. The minimum atomic E-state index is 0.523. The number of hydrogen-bond acceptors (Lipinski definition) is 2. The Bertz CT molecular complexity index is 231. The second-order valence-corrected chi connectivity index (χ2v) is 6.90. The van der Waals surface area contributed by atoms with E-state index in [2.05, 4.69) is 31.1 Å². The van der Waals surface area contributed by atoms with Crippen LogP contribution >= 0.6 is 0 Å². The van der Waals surface area contributed by atoms with Crippen molar-refractivity contribution in [3.8, 4) is 0 Å². The van der Waals surface area contributed by atoms with Crippen LogP contribution in [-0.2, 0) is 0 Å². The first-order chi connectivity index (χ1) is 8.09. The number of nitrogens with zero attached hydrogens (tertiary/aromatic N) is 1. The SMILES string of the molecule is CN(CC1CCCNC1)C1CCCCC1(C)C. The van der Waals surface area contributed by atoms with Crippen LogP contribution in [0.15, 0.2) is 0 Å². The largest absolute Gasteiger partial charge is 0.316 e. The summed E-state index contributed by atoms with van der Waals surface area (Å²) in [5, 5.41) is 3.54. The van der Waals surface area contributed by atoms with Gasteiger partial charge in [-0.2, -0.15) is 0 Å². The lowest BCUT2D eigenvalue weighted by atomic mass is 9.72. The molecule has 2 heteroatoms. The number of piperidine rings is 1. The summed E-state index contributed by atoms with van der Waals surface area (Å²) in [6, 6.07) is 0.804. The Kier molecular flexibility index (Phi) is 4.48. The lowest BCUT2D eigenvalue weighted by Gasteiger charge is -2.45. The van der Waals surface area contributed by atoms with Crippen molar-refractivity contribution in [3.05, 3.63) is 0 Å². The molecule has 0 spiro atoms. The predicted molar refractivity (Wildman–Crippen MR) is 74.3 cm³/mol. The standard InChI is InChI=1S/C15H30N2/c1-15(2)9-5-4-8-14(15)17(3)12-13-7-6-10-16-11-13/h13-14,16H,4-12H2,1-3H3. The topological polar surface area (TPSA) is 15.3 Å². The Labute approximate surface area is 107 Å². The lowest BCUT2D eigenvalue weighted by Crippen LogP contribution is -2.48. The summed E-state index contributed by atoms with van der Waals surface area (Å²) >= 11 is 0. The van der Waals surface area contributed by atoms with Gasteiger partial charge in [-0.1, -0.05) is 26.7 Å². The molecule has 0 aromatic rings. The van der Waals surface area contributed by atoms with Crippen LogP contribution < -0.4 is 5.32 Å². The first kappa shape index (κ1) is 13.4. The average molecular weight is 238 g/mol. The highest BCUT2D eigenvalue weighted by Gasteiger charge is 2.35. The van der Waals surface area contributed by atoms with Crippen LogP contribution in [0.1, 0.15) is 52.4 Å². The zero-order valence-corrected chi connectivity index (χ0v) is 12.0. The lowest BCUT2D eigenvalue weighted by molar-refractivity contribution is 0.0542. The molecule has 2 unspecified atom stereocenters. The van der Waals surface area contributed by atoms with Gasteiger partial charge in [-0.3, -0.25) is 0 Å². The quantitative estimate of drug-likeness (QED) is 0.813. The Balaban J connectivity index is 1.87. The van der Waals surface area contributed by atoms with Gasteiger partial charge in [-0.25, -0.2) is 0 Å². The molecule has 0 radical (unpaired) electrons. The first-order valence-corrected chi connectivity index (χ1v) is 7.50. The van der Waals surface area contributed by atoms with Crippen LogP contribution in [0.4, 0.5) is 0 Å². The van der Waals surface area contributed by atoms with E-state index in [-0.39, 0.29) is 0 Å². The van der Waals surface area contributed by atoms with E-state index in [0.29, 0.717) is 5.41 Å². The molecule has 1 heterocycles. The van der Waals surface area contributed by atoms with Gasteiger partial charge in [-0.05, 0) is 57.2 Å². The van der Waals surface area contributed by atoms with E-state index in [0.717, 1.165) is 12.0 Å². The molecule has 0 bridgehead atoms. The fraction of sp³-hybridized carbons (Fsp3) is 1.00. The molecule has 0 aromatic carbocycles. The van der Waals surface area contributed by atoms with Crippen LogP contribution in [0, 0.1) is 11.3 Å². The van der Waals surface area contributed by atoms with Crippen molar-refractivity contribution in [2.24, 2.45) is 11.3 Å². The molecule has 1 N–H and O–H groups in total. The molecule has 0 aromatic heterocycles. The summed E-state index contributed by atoms with van der Waals surface area (Å²) in [6.07, 6.45) is 8.47. The summed E-state index contributed by atoms with van der Waals surface area (Å²) in [4.78, 5) is 2.66. The highest BCUT2D eigenvalue weighted by molar-refractivity contribution is 4.89. The van der Waals surface area contributed by atoms with Crippen molar-refractivity contribution in [1.82, 2.24) is 10.2 Å². The van der Waals surface area contributed by atoms with Gasteiger partial charge in [0.05, 0.1) is 0 Å². The fourth-order valence-electron chi connectivity index (χ4n) is 3.91. The van der Waals surface area contributed by atoms with Crippen LogP contribution in [0.3, 0.4) is 0 Å². The molecule has 2 nitrogen and oxygen atoms in total. The first-order valence-electron chi connectivity index (χ1n) is 7.50. The highest BCUT2D eigenvalue weighted by Crippen LogP contribution is 2.38. The molecule has 2 atom stereocenters. The third-order valence-corrected chi connectivity index (χ3v) is 4.93. The summed E-state index contributed by atoms with van der Waals surface area (Å²) in [7, 11) is 2.35. The third-order valence-electron chi connectivity index (χ3n) is 4.93. The molecular weight excluding hydrogens is 208 g/mol. The number of hydrogen-bond donors (Lipinski definition) is 1. The van der Waals surface area contributed by atoms with Crippen molar-refractivity contribution >= 4 is 0 Å². The van der Waals surface area contributed by atoms with E-state index in [9.17, 15) is 0 Å². The van der Waals surface area contributed by atoms with Crippen molar-refractivity contribution in [3.63, 3.8) is 0 Å². The molecule has 1 aliphatic heterocycles. The van der Waals surface area contributed by atoms with Gasteiger partial charge >= 0.3 is 0 Å².